The summed E-state index contributed by atoms with van der Waals surface area (Å²) in [7, 11) is 0. The molecule has 2 atom stereocenters. The lowest BCUT2D eigenvalue weighted by atomic mass is 9.86. The van der Waals surface area contributed by atoms with Crippen molar-refractivity contribution in [1.82, 2.24) is 5.32 Å². The third-order valence-corrected chi connectivity index (χ3v) is 4.25. The van der Waals surface area contributed by atoms with E-state index in [1.807, 2.05) is 17.5 Å². The Morgan fingerprint density at radius 1 is 1.50 bits per heavy atom. The molecule has 1 aromatic rings. The maximum absolute atomic E-state index is 11.8. The quantitative estimate of drug-likeness (QED) is 0.860. The van der Waals surface area contributed by atoms with Gasteiger partial charge in [0.05, 0.1) is 6.42 Å². The molecule has 1 amide bonds. The Morgan fingerprint density at radius 3 is 3.00 bits per heavy atom. The Hall–Kier alpha value is -0.830. The summed E-state index contributed by atoms with van der Waals surface area (Å²) >= 11 is 1.65. The average molecular weight is 237 g/mol. The monoisotopic (exact) mass is 237 g/mol. The molecule has 1 heterocycles. The molecule has 0 radical (unpaired) electrons. The molecule has 1 aliphatic carbocycles. The third kappa shape index (κ3) is 3.08. The highest BCUT2D eigenvalue weighted by Gasteiger charge is 2.22. The number of amides is 1. The number of nitrogens with one attached hydrogen (secondary N) is 1. The van der Waals surface area contributed by atoms with Crippen molar-refractivity contribution in [2.45, 2.75) is 45.1 Å². The topological polar surface area (TPSA) is 29.1 Å². The van der Waals surface area contributed by atoms with E-state index in [0.717, 1.165) is 11.3 Å². The third-order valence-electron chi connectivity index (χ3n) is 3.37. The highest BCUT2D eigenvalue weighted by molar-refractivity contribution is 7.10. The second-order valence-electron chi connectivity index (χ2n) is 4.69. The van der Waals surface area contributed by atoms with Gasteiger partial charge in [0.25, 0.3) is 0 Å². The van der Waals surface area contributed by atoms with Crippen molar-refractivity contribution in [3.63, 3.8) is 0 Å². The zero-order chi connectivity index (χ0) is 11.4. The number of thiophene rings is 1. The standard InChI is InChI=1S/C13H19NOS/c1-10-5-2-3-7-12(10)14-13(15)9-11-6-4-8-16-11/h4,6,8,10,12H,2-3,5,7,9H2,1H3,(H,14,15). The average Bonchev–Trinajstić information content (AvgIpc) is 2.74. The molecule has 0 saturated heterocycles. The summed E-state index contributed by atoms with van der Waals surface area (Å²) in [5.41, 5.74) is 0. The number of rotatable bonds is 3. The lowest BCUT2D eigenvalue weighted by molar-refractivity contribution is -0.121. The molecule has 0 bridgehead atoms. The highest BCUT2D eigenvalue weighted by atomic mass is 32.1. The van der Waals surface area contributed by atoms with Crippen LogP contribution >= 0.6 is 11.3 Å². The SMILES string of the molecule is CC1CCCCC1NC(=O)Cc1cccs1. The fraction of sp³-hybridized carbons (Fsp3) is 0.615. The van der Waals surface area contributed by atoms with Gasteiger partial charge >= 0.3 is 0 Å². The summed E-state index contributed by atoms with van der Waals surface area (Å²) in [5, 5.41) is 5.19. The van der Waals surface area contributed by atoms with E-state index in [1.54, 1.807) is 11.3 Å². The van der Waals surface area contributed by atoms with Gasteiger partial charge in [-0.05, 0) is 30.2 Å². The van der Waals surface area contributed by atoms with Crippen molar-refractivity contribution < 1.29 is 4.79 Å². The van der Waals surface area contributed by atoms with Crippen LogP contribution in [0.4, 0.5) is 0 Å². The van der Waals surface area contributed by atoms with Crippen LogP contribution in [0, 0.1) is 5.92 Å². The largest absolute Gasteiger partial charge is 0.353 e. The fourth-order valence-corrected chi connectivity index (χ4v) is 3.06. The molecule has 0 spiro atoms. The molecule has 1 aliphatic rings. The Bertz CT molecular complexity index is 334. The van der Waals surface area contributed by atoms with Gasteiger partial charge in [-0.3, -0.25) is 4.79 Å². The first-order valence-electron chi connectivity index (χ1n) is 6.07. The second kappa shape index (κ2) is 5.48. The molecule has 16 heavy (non-hydrogen) atoms. The summed E-state index contributed by atoms with van der Waals surface area (Å²) in [6.45, 7) is 2.25. The van der Waals surface area contributed by atoms with Gasteiger partial charge in [-0.25, -0.2) is 0 Å². The molecule has 2 rings (SSSR count). The Kier molecular flexibility index (Phi) is 3.99. The Labute approximate surface area is 101 Å². The minimum Gasteiger partial charge on any atom is -0.353 e. The lowest BCUT2D eigenvalue weighted by Crippen LogP contribution is -2.41. The normalized spacial score (nSPS) is 25.3. The summed E-state index contributed by atoms with van der Waals surface area (Å²) in [6.07, 6.45) is 5.52. The zero-order valence-corrected chi connectivity index (χ0v) is 10.6. The van der Waals surface area contributed by atoms with E-state index in [2.05, 4.69) is 12.2 Å². The molecular weight excluding hydrogens is 218 g/mol. The smallest absolute Gasteiger partial charge is 0.225 e. The molecule has 88 valence electrons. The van der Waals surface area contributed by atoms with Crippen LogP contribution in [0.2, 0.25) is 0 Å². The fourth-order valence-electron chi connectivity index (χ4n) is 2.36. The Morgan fingerprint density at radius 2 is 2.31 bits per heavy atom. The molecule has 2 nitrogen and oxygen atoms in total. The van der Waals surface area contributed by atoms with Crippen LogP contribution in [0.25, 0.3) is 0 Å². The van der Waals surface area contributed by atoms with E-state index in [9.17, 15) is 4.79 Å². The zero-order valence-electron chi connectivity index (χ0n) is 9.74. The number of hydrogen-bond donors (Lipinski definition) is 1. The summed E-state index contributed by atoms with van der Waals surface area (Å²) in [4.78, 5) is 13.0. The molecule has 2 unspecified atom stereocenters. The van der Waals surface area contributed by atoms with Crippen LogP contribution in [0.5, 0.6) is 0 Å². The lowest BCUT2D eigenvalue weighted by Gasteiger charge is -2.29. The molecule has 0 aromatic carbocycles. The van der Waals surface area contributed by atoms with E-state index in [0.29, 0.717) is 18.4 Å². The van der Waals surface area contributed by atoms with Crippen LogP contribution in [-0.4, -0.2) is 11.9 Å². The van der Waals surface area contributed by atoms with Crippen LogP contribution in [0.3, 0.4) is 0 Å². The number of carbonyl (C=O) groups is 1. The number of hydrogen-bond acceptors (Lipinski definition) is 2. The predicted octanol–water partition coefficient (Wildman–Crippen LogP) is 2.99. The van der Waals surface area contributed by atoms with E-state index in [1.165, 1.54) is 19.3 Å². The minimum atomic E-state index is 0.182. The molecule has 3 heteroatoms. The molecule has 1 fully saturated rings. The van der Waals surface area contributed by atoms with Gasteiger partial charge in [0, 0.05) is 10.9 Å². The van der Waals surface area contributed by atoms with Crippen LogP contribution in [0.1, 0.15) is 37.5 Å². The molecule has 1 aromatic heterocycles. The highest BCUT2D eigenvalue weighted by Crippen LogP contribution is 2.23. The van der Waals surface area contributed by atoms with Crippen LogP contribution < -0.4 is 5.32 Å². The summed E-state index contributed by atoms with van der Waals surface area (Å²) in [5.74, 6) is 0.822. The van der Waals surface area contributed by atoms with Crippen molar-refractivity contribution in [3.05, 3.63) is 22.4 Å². The number of carbonyl (C=O) groups excluding carboxylic acids is 1. The maximum atomic E-state index is 11.8. The van der Waals surface area contributed by atoms with Crippen LogP contribution in [-0.2, 0) is 11.2 Å². The van der Waals surface area contributed by atoms with E-state index >= 15 is 0 Å². The molecular formula is C13H19NOS. The summed E-state index contributed by atoms with van der Waals surface area (Å²) < 4.78 is 0. The maximum Gasteiger partial charge on any atom is 0.225 e. The van der Waals surface area contributed by atoms with Gasteiger partial charge in [-0.2, -0.15) is 0 Å². The first-order chi connectivity index (χ1) is 7.75. The van der Waals surface area contributed by atoms with Crippen LogP contribution in [0.15, 0.2) is 17.5 Å². The van der Waals surface area contributed by atoms with Crippen molar-refractivity contribution in [3.8, 4) is 0 Å². The van der Waals surface area contributed by atoms with E-state index in [-0.39, 0.29) is 5.91 Å². The van der Waals surface area contributed by atoms with Gasteiger partial charge in [0.2, 0.25) is 5.91 Å². The second-order valence-corrected chi connectivity index (χ2v) is 5.72. The molecule has 1 saturated carbocycles. The minimum absolute atomic E-state index is 0.182. The molecule has 0 aliphatic heterocycles. The van der Waals surface area contributed by atoms with Gasteiger partial charge in [0.1, 0.15) is 0 Å². The van der Waals surface area contributed by atoms with Gasteiger partial charge in [0.15, 0.2) is 0 Å². The van der Waals surface area contributed by atoms with Crippen molar-refractivity contribution in [1.29, 1.82) is 0 Å². The van der Waals surface area contributed by atoms with E-state index < -0.39 is 0 Å². The van der Waals surface area contributed by atoms with Gasteiger partial charge in [-0.1, -0.05) is 25.8 Å². The van der Waals surface area contributed by atoms with E-state index in [4.69, 9.17) is 0 Å². The van der Waals surface area contributed by atoms with Crippen molar-refractivity contribution >= 4 is 17.2 Å². The Balaban J connectivity index is 1.82. The van der Waals surface area contributed by atoms with Crippen molar-refractivity contribution in [2.75, 3.05) is 0 Å². The first-order valence-corrected chi connectivity index (χ1v) is 6.95. The first kappa shape index (κ1) is 11.6. The van der Waals surface area contributed by atoms with Crippen molar-refractivity contribution in [2.24, 2.45) is 5.92 Å². The van der Waals surface area contributed by atoms with Gasteiger partial charge in [-0.15, -0.1) is 11.3 Å². The predicted molar refractivity (Wildman–Crippen MR) is 67.6 cm³/mol. The van der Waals surface area contributed by atoms with Gasteiger partial charge < -0.3 is 5.32 Å². The molecule has 1 N–H and O–H groups in total. The summed E-state index contributed by atoms with van der Waals surface area (Å²) in [6, 6.07) is 4.42.